The summed E-state index contributed by atoms with van der Waals surface area (Å²) in [6.45, 7) is 3.77. The van der Waals surface area contributed by atoms with Crippen molar-refractivity contribution in [2.45, 2.75) is 173 Å². The van der Waals surface area contributed by atoms with Gasteiger partial charge in [0.1, 0.15) is 19.8 Å². The highest BCUT2D eigenvalue weighted by molar-refractivity contribution is 7.45. The van der Waals surface area contributed by atoms with Gasteiger partial charge in [0, 0.05) is 25.2 Å². The second-order valence-electron chi connectivity index (χ2n) is 17.4. The zero-order chi connectivity index (χ0) is 45.2. The van der Waals surface area contributed by atoms with Crippen LogP contribution in [0, 0.1) is 11.8 Å². The molecule has 0 radical (unpaired) electrons. The van der Waals surface area contributed by atoms with Crippen LogP contribution in [-0.2, 0) is 32.7 Å². The molecule has 1 saturated carbocycles. The Labute approximate surface area is 369 Å². The van der Waals surface area contributed by atoms with Crippen molar-refractivity contribution in [1.29, 1.82) is 0 Å². The molecule has 1 aliphatic carbocycles. The van der Waals surface area contributed by atoms with E-state index in [0.717, 1.165) is 64.2 Å². The standard InChI is InChI=1S/C48H84NO11P/c1-6-8-10-11-12-13-14-15-16-17-18-19-20-21-22-23-28-32-47(53)57-39-42(40-59-61(55,56)58-37-36-49(3,4)5)60-48(54)33-29-25-24-27-31-43-44(46(52)38-45(43)51)35-34-41(50)30-26-9-7-2/h12-13,15-16,18-19,24,27,34-35,41-46,50-52H,6-11,14,17,20-23,25-26,28-33,36-40H2,1-5H3/b13-12-,16-15-,19-18-,27-24+,35-34+/t41-,42+,43+,44+,45-,46+/m0/s1. The molecule has 61 heavy (non-hydrogen) atoms. The first-order valence-electron chi connectivity index (χ1n) is 23.3. The van der Waals surface area contributed by atoms with Crippen molar-refractivity contribution in [3.63, 3.8) is 0 Å². The molecule has 1 aliphatic rings. The molecule has 0 saturated heterocycles. The molecular weight excluding hydrogens is 797 g/mol. The van der Waals surface area contributed by atoms with Crippen LogP contribution >= 0.6 is 7.82 Å². The number of likely N-dealkylation sites (N-methyl/N-ethyl adjacent to an activating group) is 1. The van der Waals surface area contributed by atoms with Crippen LogP contribution in [0.1, 0.15) is 149 Å². The van der Waals surface area contributed by atoms with E-state index in [4.69, 9.17) is 18.5 Å². The second-order valence-corrected chi connectivity index (χ2v) is 18.8. The summed E-state index contributed by atoms with van der Waals surface area (Å²) >= 11 is 0. The van der Waals surface area contributed by atoms with E-state index in [1.54, 1.807) is 6.08 Å². The Morgan fingerprint density at radius 2 is 1.33 bits per heavy atom. The number of allylic oxidation sites excluding steroid dienone is 8. The maximum Gasteiger partial charge on any atom is 0.306 e. The van der Waals surface area contributed by atoms with E-state index in [9.17, 15) is 34.4 Å². The van der Waals surface area contributed by atoms with Gasteiger partial charge in [0.15, 0.2) is 6.10 Å². The molecule has 0 aromatic carbocycles. The minimum atomic E-state index is -4.70. The van der Waals surface area contributed by atoms with Crippen molar-refractivity contribution in [2.24, 2.45) is 11.8 Å². The number of hydrogen-bond donors (Lipinski definition) is 3. The highest BCUT2D eigenvalue weighted by Gasteiger charge is 2.39. The van der Waals surface area contributed by atoms with Crippen LogP contribution in [0.4, 0.5) is 0 Å². The number of ether oxygens (including phenoxy) is 2. The number of carbonyl (C=O) groups is 2. The Morgan fingerprint density at radius 3 is 2.00 bits per heavy atom. The number of esters is 2. The fourth-order valence-electron chi connectivity index (χ4n) is 6.83. The minimum Gasteiger partial charge on any atom is -0.756 e. The van der Waals surface area contributed by atoms with Gasteiger partial charge in [-0.2, -0.15) is 0 Å². The van der Waals surface area contributed by atoms with E-state index in [2.05, 4.69) is 50.3 Å². The average Bonchev–Trinajstić information content (AvgIpc) is 3.47. The number of unbranched alkanes of at least 4 members (excludes halogenated alkanes) is 10. The summed E-state index contributed by atoms with van der Waals surface area (Å²) in [4.78, 5) is 37.8. The first-order chi connectivity index (χ1) is 29.2. The lowest BCUT2D eigenvalue weighted by atomic mass is 9.89. The number of carbonyl (C=O) groups excluding carboxylic acids is 2. The molecule has 12 nitrogen and oxygen atoms in total. The maximum absolute atomic E-state index is 12.8. The number of hydrogen-bond acceptors (Lipinski definition) is 11. The molecule has 13 heteroatoms. The first kappa shape index (κ1) is 56.6. The Hall–Kier alpha value is -2.41. The van der Waals surface area contributed by atoms with Crippen LogP contribution in [-0.4, -0.2) is 104 Å². The number of rotatable bonds is 37. The average molecular weight is 882 g/mol. The Bertz CT molecular complexity index is 1340. The lowest BCUT2D eigenvalue weighted by molar-refractivity contribution is -0.870. The fraction of sp³-hybridized carbons (Fsp3) is 0.750. The van der Waals surface area contributed by atoms with Gasteiger partial charge in [-0.05, 0) is 76.5 Å². The third-order valence-electron chi connectivity index (χ3n) is 10.6. The first-order valence-corrected chi connectivity index (χ1v) is 24.7. The number of nitrogens with zero attached hydrogens (tertiary/aromatic N) is 1. The van der Waals surface area contributed by atoms with Gasteiger partial charge >= 0.3 is 11.9 Å². The molecule has 0 spiro atoms. The molecule has 0 bridgehead atoms. The number of phosphoric acid groups is 1. The van der Waals surface area contributed by atoms with E-state index in [1.807, 2.05) is 39.4 Å². The third-order valence-corrected chi connectivity index (χ3v) is 11.5. The van der Waals surface area contributed by atoms with Gasteiger partial charge in [-0.3, -0.25) is 14.2 Å². The minimum absolute atomic E-state index is 0.0403. The van der Waals surface area contributed by atoms with E-state index in [1.165, 1.54) is 19.3 Å². The second kappa shape index (κ2) is 35.0. The SMILES string of the molecule is CCCCC/C=C\C/C=C\C/C=C\CCCCCCC(=O)OC[C@H](COP(=O)([O-])OCC[N+](C)(C)C)OC(=O)CCC/C=C/C[C@@H]1[C@@H](/C=C/[C@@H](O)CCCCC)[C@H](O)C[C@@H]1O. The molecule has 0 aromatic rings. The summed E-state index contributed by atoms with van der Waals surface area (Å²) in [5.41, 5.74) is 0. The summed E-state index contributed by atoms with van der Waals surface area (Å²) < 4.78 is 33.9. The molecule has 7 atom stereocenters. The Balaban J connectivity index is 2.51. The van der Waals surface area contributed by atoms with Gasteiger partial charge < -0.3 is 43.2 Å². The number of quaternary nitrogens is 1. The van der Waals surface area contributed by atoms with Gasteiger partial charge in [0.05, 0.1) is 46.1 Å². The largest absolute Gasteiger partial charge is 0.756 e. The normalized spacial score (nSPS) is 20.7. The highest BCUT2D eigenvalue weighted by atomic mass is 31.2. The number of phosphoric ester groups is 1. The van der Waals surface area contributed by atoms with Crippen molar-refractivity contribution < 1.29 is 57.4 Å². The molecule has 0 aromatic heterocycles. The van der Waals surface area contributed by atoms with Crippen LogP contribution in [0.25, 0.3) is 0 Å². The van der Waals surface area contributed by atoms with Crippen molar-refractivity contribution >= 4 is 19.8 Å². The summed E-state index contributed by atoms with van der Waals surface area (Å²) in [5.74, 6) is -1.49. The van der Waals surface area contributed by atoms with Gasteiger partial charge in [0.25, 0.3) is 7.82 Å². The predicted molar refractivity (Wildman–Crippen MR) is 242 cm³/mol. The molecule has 0 heterocycles. The van der Waals surface area contributed by atoms with Crippen molar-refractivity contribution in [3.8, 4) is 0 Å². The van der Waals surface area contributed by atoms with Gasteiger partial charge in [-0.1, -0.05) is 120 Å². The van der Waals surface area contributed by atoms with Crippen molar-refractivity contribution in [3.05, 3.63) is 60.8 Å². The lowest BCUT2D eigenvalue weighted by Crippen LogP contribution is -2.37. The molecule has 352 valence electrons. The van der Waals surface area contributed by atoms with Gasteiger partial charge in [-0.15, -0.1) is 0 Å². The van der Waals surface area contributed by atoms with Gasteiger partial charge in [-0.25, -0.2) is 0 Å². The topological polar surface area (TPSA) is 172 Å². The zero-order valence-corrected chi connectivity index (χ0v) is 39.3. The number of aliphatic hydroxyl groups excluding tert-OH is 3. The van der Waals surface area contributed by atoms with E-state index in [-0.39, 0.29) is 44.3 Å². The summed E-state index contributed by atoms with van der Waals surface area (Å²) in [5, 5.41) is 31.4. The predicted octanol–water partition coefficient (Wildman–Crippen LogP) is 8.99. The van der Waals surface area contributed by atoms with E-state index >= 15 is 0 Å². The van der Waals surface area contributed by atoms with E-state index < -0.39 is 50.8 Å². The lowest BCUT2D eigenvalue weighted by Gasteiger charge is -2.28. The molecule has 0 amide bonds. The van der Waals surface area contributed by atoms with Crippen molar-refractivity contribution in [2.75, 3.05) is 47.5 Å². The van der Waals surface area contributed by atoms with Crippen LogP contribution < -0.4 is 4.89 Å². The highest BCUT2D eigenvalue weighted by Crippen LogP contribution is 2.38. The van der Waals surface area contributed by atoms with Crippen LogP contribution in [0.5, 0.6) is 0 Å². The summed E-state index contributed by atoms with van der Waals surface area (Å²) in [6.07, 6.45) is 34.8. The van der Waals surface area contributed by atoms with E-state index in [0.29, 0.717) is 43.1 Å². The molecule has 1 fully saturated rings. The monoisotopic (exact) mass is 882 g/mol. The zero-order valence-electron chi connectivity index (χ0n) is 38.4. The Kier molecular flexibility index (Phi) is 32.5. The van der Waals surface area contributed by atoms with Crippen LogP contribution in [0.3, 0.4) is 0 Å². The fourth-order valence-corrected chi connectivity index (χ4v) is 7.56. The van der Waals surface area contributed by atoms with Crippen LogP contribution in [0.15, 0.2) is 60.8 Å². The molecule has 1 unspecified atom stereocenters. The smallest absolute Gasteiger partial charge is 0.306 e. The van der Waals surface area contributed by atoms with Crippen molar-refractivity contribution in [1.82, 2.24) is 0 Å². The van der Waals surface area contributed by atoms with Crippen LogP contribution in [0.2, 0.25) is 0 Å². The molecule has 1 rings (SSSR count). The third kappa shape index (κ3) is 32.0. The molecule has 0 aliphatic heterocycles. The summed E-state index contributed by atoms with van der Waals surface area (Å²) in [6, 6.07) is 0. The summed E-state index contributed by atoms with van der Waals surface area (Å²) in [7, 11) is 0.994. The maximum atomic E-state index is 12.8. The molecule has 3 N–H and O–H groups in total. The number of aliphatic hydroxyl groups is 3. The Morgan fingerprint density at radius 1 is 0.738 bits per heavy atom. The quantitative estimate of drug-likeness (QED) is 0.0179. The van der Waals surface area contributed by atoms with Gasteiger partial charge in [0.2, 0.25) is 0 Å². The molecular formula is C48H84NO11P.